The molecule has 0 heterocycles. The first-order valence-corrected chi connectivity index (χ1v) is 7.42. The highest BCUT2D eigenvalue weighted by Crippen LogP contribution is 2.14. The second kappa shape index (κ2) is 4.57. The summed E-state index contributed by atoms with van der Waals surface area (Å²) in [4.78, 5) is 11.7. The lowest BCUT2D eigenvalue weighted by Crippen LogP contribution is -2.20. The fraction of sp³-hybridized carbons (Fsp3) is 0.364. The van der Waals surface area contributed by atoms with Crippen molar-refractivity contribution in [3.8, 4) is 5.75 Å². The van der Waals surface area contributed by atoms with Crippen molar-refractivity contribution in [1.82, 2.24) is 0 Å². The van der Waals surface area contributed by atoms with Crippen molar-refractivity contribution >= 4 is 15.7 Å². The van der Waals surface area contributed by atoms with Crippen molar-refractivity contribution in [3.05, 3.63) is 29.8 Å². The molecule has 0 saturated carbocycles. The number of ether oxygens (including phenoxy) is 1. The zero-order chi connectivity index (χ0) is 11.5. The summed E-state index contributed by atoms with van der Waals surface area (Å²) in [5, 5.41) is 0. The van der Waals surface area contributed by atoms with Gasteiger partial charge >= 0.3 is 0 Å². The van der Waals surface area contributed by atoms with Gasteiger partial charge in [0.15, 0.2) is 5.78 Å². The zero-order valence-electron chi connectivity index (χ0n) is 9.19. The van der Waals surface area contributed by atoms with E-state index in [1.807, 2.05) is 0 Å². The van der Waals surface area contributed by atoms with Crippen molar-refractivity contribution in [1.29, 1.82) is 0 Å². The second-order valence-corrected chi connectivity index (χ2v) is 7.35. The molecule has 4 heteroatoms. The molecule has 3 nitrogen and oxygen atoms in total. The van der Waals surface area contributed by atoms with Gasteiger partial charge in [-0.1, -0.05) is 12.1 Å². The van der Waals surface area contributed by atoms with E-state index in [4.69, 9.17) is 4.74 Å². The topological polar surface area (TPSA) is 43.4 Å². The SMILES string of the molecule is COc1cccc(C(=O)C[SH](C)(C)=O)c1. The van der Waals surface area contributed by atoms with Crippen LogP contribution in [0.4, 0.5) is 0 Å². The minimum absolute atomic E-state index is 0.0952. The molecule has 0 aliphatic heterocycles. The summed E-state index contributed by atoms with van der Waals surface area (Å²) < 4.78 is 16.5. The summed E-state index contributed by atoms with van der Waals surface area (Å²) in [5.41, 5.74) is 0.554. The standard InChI is InChI=1S/C11H16O3S/c1-14-10-6-4-5-9(7-10)11(12)8-15(2,3)13/h4-7,15H,8H2,1-3H3. The van der Waals surface area contributed by atoms with Gasteiger partial charge in [-0.2, -0.15) is 0 Å². The quantitative estimate of drug-likeness (QED) is 0.621. The Bertz CT molecular complexity index is 406. The molecule has 1 aromatic carbocycles. The van der Waals surface area contributed by atoms with Crippen LogP contribution in [0.1, 0.15) is 10.4 Å². The molecule has 0 bridgehead atoms. The number of benzene rings is 1. The van der Waals surface area contributed by atoms with E-state index in [9.17, 15) is 9.00 Å². The number of ketones is 1. The summed E-state index contributed by atoms with van der Waals surface area (Å²) in [5.74, 6) is 0.658. The highest BCUT2D eigenvalue weighted by Gasteiger charge is 2.12. The Balaban J connectivity index is 2.87. The molecule has 0 amide bonds. The monoisotopic (exact) mass is 228 g/mol. The third kappa shape index (κ3) is 3.83. The minimum atomic E-state index is -2.30. The second-order valence-electron chi connectivity index (χ2n) is 3.89. The average molecular weight is 228 g/mol. The summed E-state index contributed by atoms with van der Waals surface area (Å²) in [6, 6.07) is 6.90. The number of rotatable bonds is 4. The zero-order valence-corrected chi connectivity index (χ0v) is 10.1. The van der Waals surface area contributed by atoms with Crippen LogP contribution in [0.5, 0.6) is 5.75 Å². The molecule has 0 atom stereocenters. The Morgan fingerprint density at radius 2 is 2.07 bits per heavy atom. The van der Waals surface area contributed by atoms with Crippen molar-refractivity contribution in [3.63, 3.8) is 0 Å². The average Bonchev–Trinajstić information content (AvgIpc) is 2.15. The number of thiol groups is 1. The van der Waals surface area contributed by atoms with Gasteiger partial charge in [0, 0.05) is 5.56 Å². The van der Waals surface area contributed by atoms with Crippen molar-refractivity contribution in [2.45, 2.75) is 0 Å². The van der Waals surface area contributed by atoms with Gasteiger partial charge in [-0.15, -0.1) is 9.93 Å². The maximum Gasteiger partial charge on any atom is 0.173 e. The maximum atomic E-state index is 11.7. The lowest BCUT2D eigenvalue weighted by Gasteiger charge is -2.10. The minimum Gasteiger partial charge on any atom is -0.497 e. The fourth-order valence-electron chi connectivity index (χ4n) is 1.23. The predicted octanol–water partition coefficient (Wildman–Crippen LogP) is 1.15. The van der Waals surface area contributed by atoms with Crippen molar-refractivity contribution in [2.75, 3.05) is 25.4 Å². The summed E-state index contributed by atoms with van der Waals surface area (Å²) in [7, 11) is -0.751. The first-order valence-electron chi connectivity index (χ1n) is 4.63. The molecule has 84 valence electrons. The fourth-order valence-corrected chi connectivity index (χ4v) is 2.11. The lowest BCUT2D eigenvalue weighted by molar-refractivity contribution is 0.102. The Morgan fingerprint density at radius 1 is 1.40 bits per heavy atom. The Hall–Kier alpha value is -1.16. The van der Waals surface area contributed by atoms with Crippen molar-refractivity contribution in [2.24, 2.45) is 0 Å². The van der Waals surface area contributed by atoms with Gasteiger partial charge in [0.2, 0.25) is 0 Å². The summed E-state index contributed by atoms with van der Waals surface area (Å²) in [6.45, 7) is 0. The van der Waals surface area contributed by atoms with Gasteiger partial charge in [-0.05, 0) is 24.6 Å². The van der Waals surface area contributed by atoms with Crippen LogP contribution in [0.3, 0.4) is 0 Å². The van der Waals surface area contributed by atoms with E-state index in [2.05, 4.69) is 0 Å². The van der Waals surface area contributed by atoms with Crippen LogP contribution in [0.25, 0.3) is 0 Å². The number of methoxy groups -OCH3 is 1. The van der Waals surface area contributed by atoms with Crippen molar-refractivity contribution < 1.29 is 13.7 Å². The van der Waals surface area contributed by atoms with E-state index in [0.717, 1.165) is 0 Å². The van der Waals surface area contributed by atoms with E-state index in [-0.39, 0.29) is 11.5 Å². The van der Waals surface area contributed by atoms with Crippen LogP contribution >= 0.6 is 0 Å². The van der Waals surface area contributed by atoms with Crippen LogP contribution in [0, 0.1) is 0 Å². The number of carbonyl (C=O) groups is 1. The molecule has 0 aromatic heterocycles. The van der Waals surface area contributed by atoms with Crippen LogP contribution in [0.2, 0.25) is 0 Å². The third-order valence-corrected chi connectivity index (χ3v) is 2.96. The van der Waals surface area contributed by atoms with Gasteiger partial charge < -0.3 is 4.74 Å². The molecule has 0 aliphatic rings. The van der Waals surface area contributed by atoms with E-state index in [1.54, 1.807) is 43.9 Å². The van der Waals surface area contributed by atoms with Gasteiger partial charge in [-0.25, -0.2) is 0 Å². The molecule has 0 N–H and O–H groups in total. The largest absolute Gasteiger partial charge is 0.497 e. The number of hydrogen-bond acceptors (Lipinski definition) is 3. The smallest absolute Gasteiger partial charge is 0.173 e. The number of hydrogen-bond donors (Lipinski definition) is 1. The number of carbonyl (C=O) groups excluding carboxylic acids is 1. The van der Waals surface area contributed by atoms with Crippen LogP contribution in [-0.4, -0.2) is 35.4 Å². The molecule has 0 radical (unpaired) electrons. The molecule has 15 heavy (non-hydrogen) atoms. The van der Waals surface area contributed by atoms with Crippen LogP contribution in [-0.2, 0) is 9.93 Å². The first kappa shape index (κ1) is 11.9. The molecule has 0 aliphatic carbocycles. The van der Waals surface area contributed by atoms with Gasteiger partial charge in [0.05, 0.1) is 12.9 Å². The number of Topliss-reactive ketones (excluding diaryl/α,β-unsaturated/α-hetero) is 1. The normalized spacial score (nSPS) is 12.2. The molecular formula is C11H16O3S. The van der Waals surface area contributed by atoms with Crippen LogP contribution in [0.15, 0.2) is 24.3 Å². The highest BCUT2D eigenvalue weighted by atomic mass is 32.2. The summed E-state index contributed by atoms with van der Waals surface area (Å²) >= 11 is 0. The Kier molecular flexibility index (Phi) is 3.63. The third-order valence-electron chi connectivity index (χ3n) is 1.92. The molecule has 0 spiro atoms. The highest BCUT2D eigenvalue weighted by molar-refractivity contribution is 8.02. The van der Waals surface area contributed by atoms with E-state index in [0.29, 0.717) is 11.3 Å². The molecule has 0 fully saturated rings. The summed E-state index contributed by atoms with van der Waals surface area (Å²) in [6.07, 6.45) is 3.23. The molecular weight excluding hydrogens is 212 g/mol. The van der Waals surface area contributed by atoms with Gasteiger partial charge in [-0.3, -0.25) is 9.00 Å². The van der Waals surface area contributed by atoms with Gasteiger partial charge in [0.1, 0.15) is 5.75 Å². The molecule has 0 saturated heterocycles. The van der Waals surface area contributed by atoms with Gasteiger partial charge in [0.25, 0.3) is 0 Å². The predicted molar refractivity (Wildman–Crippen MR) is 63.6 cm³/mol. The van der Waals surface area contributed by atoms with E-state index >= 15 is 0 Å². The van der Waals surface area contributed by atoms with E-state index < -0.39 is 9.93 Å². The Labute approximate surface area is 90.9 Å². The Morgan fingerprint density at radius 3 is 2.60 bits per heavy atom. The maximum absolute atomic E-state index is 11.7. The van der Waals surface area contributed by atoms with E-state index in [1.165, 1.54) is 0 Å². The molecule has 0 unspecified atom stereocenters. The van der Waals surface area contributed by atoms with Crippen LogP contribution < -0.4 is 4.74 Å². The first-order chi connectivity index (χ1) is 6.92. The molecule has 1 rings (SSSR count). The molecule has 1 aromatic rings. The lowest BCUT2D eigenvalue weighted by atomic mass is 10.1.